The SMILES string of the molecule is CCOC(=O)c1cnn(-c2ccc(NC(=O)OCC(F)(F)F)cc2)c1C(F)(F)F. The van der Waals surface area contributed by atoms with Crippen LogP contribution in [0.5, 0.6) is 0 Å². The Labute approximate surface area is 159 Å². The molecule has 1 amide bonds. The molecule has 1 aromatic carbocycles. The smallest absolute Gasteiger partial charge is 0.434 e. The topological polar surface area (TPSA) is 82.5 Å². The zero-order valence-electron chi connectivity index (χ0n) is 14.6. The summed E-state index contributed by atoms with van der Waals surface area (Å²) in [6.45, 7) is -0.497. The molecule has 1 heterocycles. The van der Waals surface area contributed by atoms with Gasteiger partial charge < -0.3 is 9.47 Å². The first-order valence-corrected chi connectivity index (χ1v) is 7.85. The van der Waals surface area contributed by atoms with Crippen LogP contribution in [0.3, 0.4) is 0 Å². The Morgan fingerprint density at radius 2 is 1.69 bits per heavy atom. The summed E-state index contributed by atoms with van der Waals surface area (Å²) in [6, 6.07) is 4.46. The second kappa shape index (κ2) is 8.41. The molecule has 0 bridgehead atoms. The average Bonchev–Trinajstić information content (AvgIpc) is 3.06. The van der Waals surface area contributed by atoms with Gasteiger partial charge in [-0.1, -0.05) is 0 Å². The van der Waals surface area contributed by atoms with Gasteiger partial charge in [-0.15, -0.1) is 0 Å². The number of aromatic nitrogens is 2. The molecule has 158 valence electrons. The van der Waals surface area contributed by atoms with Crippen LogP contribution in [0.2, 0.25) is 0 Å². The zero-order valence-corrected chi connectivity index (χ0v) is 14.6. The lowest BCUT2D eigenvalue weighted by molar-refractivity contribution is -0.159. The Bertz CT molecular complexity index is 874. The molecule has 0 atom stereocenters. The van der Waals surface area contributed by atoms with Crippen LogP contribution in [0, 0.1) is 0 Å². The molecular weight excluding hydrogens is 412 g/mol. The number of halogens is 6. The summed E-state index contributed by atoms with van der Waals surface area (Å²) in [5.74, 6) is -1.20. The molecule has 13 heteroatoms. The second-order valence-corrected chi connectivity index (χ2v) is 5.40. The molecule has 0 unspecified atom stereocenters. The monoisotopic (exact) mass is 425 g/mol. The van der Waals surface area contributed by atoms with Gasteiger partial charge in [0.15, 0.2) is 12.3 Å². The van der Waals surface area contributed by atoms with Crippen LogP contribution in [0.25, 0.3) is 5.69 Å². The molecule has 1 aromatic heterocycles. The second-order valence-electron chi connectivity index (χ2n) is 5.40. The quantitative estimate of drug-likeness (QED) is 0.574. The van der Waals surface area contributed by atoms with Crippen molar-refractivity contribution < 1.29 is 45.4 Å². The van der Waals surface area contributed by atoms with E-state index in [0.29, 0.717) is 10.9 Å². The number of nitrogens with one attached hydrogen (secondary N) is 1. The number of alkyl halides is 6. The highest BCUT2D eigenvalue weighted by Crippen LogP contribution is 2.34. The van der Waals surface area contributed by atoms with Crippen LogP contribution < -0.4 is 5.32 Å². The number of nitrogens with zero attached hydrogens (tertiary/aromatic N) is 2. The number of hydrogen-bond acceptors (Lipinski definition) is 5. The number of esters is 1. The molecule has 0 fully saturated rings. The van der Waals surface area contributed by atoms with Crippen molar-refractivity contribution in [3.05, 3.63) is 41.7 Å². The fourth-order valence-corrected chi connectivity index (χ4v) is 2.16. The van der Waals surface area contributed by atoms with Gasteiger partial charge in [0.25, 0.3) is 0 Å². The van der Waals surface area contributed by atoms with Crippen LogP contribution in [-0.2, 0) is 15.7 Å². The first kappa shape index (κ1) is 22.0. The first-order valence-electron chi connectivity index (χ1n) is 7.85. The molecule has 0 saturated heterocycles. The maximum absolute atomic E-state index is 13.4. The molecule has 0 aliphatic rings. The van der Waals surface area contributed by atoms with E-state index in [2.05, 4.69) is 14.6 Å². The molecule has 0 saturated carbocycles. The molecule has 0 radical (unpaired) electrons. The fourth-order valence-electron chi connectivity index (χ4n) is 2.16. The summed E-state index contributed by atoms with van der Waals surface area (Å²) in [5, 5.41) is 5.55. The van der Waals surface area contributed by atoms with Crippen molar-refractivity contribution in [1.82, 2.24) is 9.78 Å². The third-order valence-corrected chi connectivity index (χ3v) is 3.26. The van der Waals surface area contributed by atoms with E-state index in [1.165, 1.54) is 6.92 Å². The molecule has 0 spiro atoms. The van der Waals surface area contributed by atoms with Gasteiger partial charge >= 0.3 is 24.4 Å². The van der Waals surface area contributed by atoms with Gasteiger partial charge in [0, 0.05) is 5.69 Å². The number of carbonyl (C=O) groups is 2. The van der Waals surface area contributed by atoms with E-state index in [1.807, 2.05) is 5.32 Å². The molecule has 7 nitrogen and oxygen atoms in total. The Morgan fingerprint density at radius 1 is 1.07 bits per heavy atom. The van der Waals surface area contributed by atoms with Crippen molar-refractivity contribution in [2.45, 2.75) is 19.3 Å². The predicted octanol–water partition coefficient (Wildman–Crippen LogP) is 4.18. The minimum atomic E-state index is -4.93. The summed E-state index contributed by atoms with van der Waals surface area (Å²) in [5.41, 5.74) is -2.30. The molecular formula is C16H13F6N3O4. The third kappa shape index (κ3) is 5.86. The van der Waals surface area contributed by atoms with Gasteiger partial charge in [-0.05, 0) is 31.2 Å². The van der Waals surface area contributed by atoms with Crippen molar-refractivity contribution in [2.75, 3.05) is 18.5 Å². The number of amides is 1. The molecule has 2 rings (SSSR count). The standard InChI is InChI=1S/C16H13F6N3O4/c1-2-28-13(26)11-7-23-25(12(11)16(20,21)22)10-5-3-9(4-6-10)24-14(27)29-8-15(17,18)19/h3-7H,2,8H2,1H3,(H,24,27). The van der Waals surface area contributed by atoms with Crippen molar-refractivity contribution in [2.24, 2.45) is 0 Å². The molecule has 0 aliphatic carbocycles. The van der Waals surface area contributed by atoms with E-state index >= 15 is 0 Å². The van der Waals surface area contributed by atoms with Gasteiger partial charge in [0.05, 0.1) is 18.5 Å². The van der Waals surface area contributed by atoms with Gasteiger partial charge in [-0.25, -0.2) is 14.3 Å². The molecule has 2 aromatic rings. The third-order valence-electron chi connectivity index (χ3n) is 3.26. The minimum Gasteiger partial charge on any atom is -0.462 e. The zero-order chi connectivity index (χ0) is 21.8. The van der Waals surface area contributed by atoms with E-state index in [1.54, 1.807) is 0 Å². The number of benzene rings is 1. The summed E-state index contributed by atoms with van der Waals surface area (Å²) < 4.78 is 85.3. The van der Waals surface area contributed by atoms with Gasteiger partial charge in [-0.2, -0.15) is 31.4 Å². The maximum Gasteiger partial charge on any atom is 0.434 e. The number of hydrogen-bond donors (Lipinski definition) is 1. The highest BCUT2D eigenvalue weighted by molar-refractivity contribution is 5.91. The fraction of sp³-hybridized carbons (Fsp3) is 0.312. The van der Waals surface area contributed by atoms with Gasteiger partial charge in [0.2, 0.25) is 0 Å². The van der Waals surface area contributed by atoms with E-state index in [-0.39, 0.29) is 18.0 Å². The van der Waals surface area contributed by atoms with E-state index in [4.69, 9.17) is 0 Å². The minimum absolute atomic E-state index is 0.0349. The number of anilines is 1. The normalized spacial score (nSPS) is 11.8. The van der Waals surface area contributed by atoms with Crippen molar-refractivity contribution in [3.63, 3.8) is 0 Å². The van der Waals surface area contributed by atoms with Gasteiger partial charge in [0.1, 0.15) is 5.56 Å². The highest BCUT2D eigenvalue weighted by Gasteiger charge is 2.41. The first-order chi connectivity index (χ1) is 13.4. The Hall–Kier alpha value is -3.25. The van der Waals surface area contributed by atoms with Gasteiger partial charge in [-0.3, -0.25) is 5.32 Å². The van der Waals surface area contributed by atoms with E-state index < -0.39 is 42.3 Å². The highest BCUT2D eigenvalue weighted by atomic mass is 19.4. The number of ether oxygens (including phenoxy) is 2. The van der Waals surface area contributed by atoms with E-state index in [0.717, 1.165) is 24.3 Å². The van der Waals surface area contributed by atoms with Crippen molar-refractivity contribution >= 4 is 17.7 Å². The number of carbonyl (C=O) groups excluding carboxylic acids is 2. The lowest BCUT2D eigenvalue weighted by Crippen LogP contribution is -2.23. The largest absolute Gasteiger partial charge is 0.462 e. The van der Waals surface area contributed by atoms with Crippen LogP contribution in [0.1, 0.15) is 23.0 Å². The average molecular weight is 425 g/mol. The number of rotatable bonds is 5. The van der Waals surface area contributed by atoms with Crippen LogP contribution >= 0.6 is 0 Å². The Balaban J connectivity index is 2.23. The van der Waals surface area contributed by atoms with Crippen molar-refractivity contribution in [1.29, 1.82) is 0 Å². The summed E-state index contributed by atoms with van der Waals surface area (Å²) in [4.78, 5) is 23.0. The summed E-state index contributed by atoms with van der Waals surface area (Å²) in [6.07, 6.45) is -10.3. The van der Waals surface area contributed by atoms with Crippen LogP contribution in [-0.4, -0.2) is 41.2 Å². The summed E-state index contributed by atoms with van der Waals surface area (Å²) >= 11 is 0. The lowest BCUT2D eigenvalue weighted by Gasteiger charge is -2.13. The molecule has 1 N–H and O–H groups in total. The Kier molecular flexibility index (Phi) is 6.39. The van der Waals surface area contributed by atoms with Crippen LogP contribution in [0.4, 0.5) is 36.8 Å². The maximum atomic E-state index is 13.4. The predicted molar refractivity (Wildman–Crippen MR) is 85.5 cm³/mol. The molecule has 29 heavy (non-hydrogen) atoms. The van der Waals surface area contributed by atoms with Crippen LogP contribution in [0.15, 0.2) is 30.5 Å². The van der Waals surface area contributed by atoms with Crippen molar-refractivity contribution in [3.8, 4) is 5.69 Å². The Morgan fingerprint density at radius 3 is 2.21 bits per heavy atom. The molecule has 0 aliphatic heterocycles. The lowest BCUT2D eigenvalue weighted by atomic mass is 10.2. The van der Waals surface area contributed by atoms with E-state index in [9.17, 15) is 35.9 Å². The summed E-state index contributed by atoms with van der Waals surface area (Å²) in [7, 11) is 0.